The van der Waals surface area contributed by atoms with E-state index in [0.717, 1.165) is 25.7 Å². The van der Waals surface area contributed by atoms with Crippen molar-refractivity contribution >= 4 is 0 Å². The Bertz CT molecular complexity index is 270. The zero-order valence-corrected chi connectivity index (χ0v) is 10.6. The van der Waals surface area contributed by atoms with E-state index in [-0.39, 0.29) is 17.1 Å². The van der Waals surface area contributed by atoms with E-state index >= 15 is 0 Å². The van der Waals surface area contributed by atoms with Crippen LogP contribution in [0, 0.1) is 16.7 Å². The Hall–Kier alpha value is -0.590. The van der Waals surface area contributed by atoms with Gasteiger partial charge >= 0.3 is 0 Å². The molecule has 2 unspecified atom stereocenters. The summed E-state index contributed by atoms with van der Waals surface area (Å²) < 4.78 is 5.70. The topological polar surface area (TPSA) is 53.2 Å². The fraction of sp³-hybridized carbons (Fsp3) is 0.923. The minimum Gasteiger partial charge on any atom is -0.393 e. The smallest absolute Gasteiger partial charge is 0.0632 e. The van der Waals surface area contributed by atoms with Gasteiger partial charge in [-0.15, -0.1) is 0 Å². The van der Waals surface area contributed by atoms with Gasteiger partial charge < -0.3 is 9.84 Å². The van der Waals surface area contributed by atoms with Crippen LogP contribution >= 0.6 is 0 Å². The maximum absolute atomic E-state index is 10.2. The van der Waals surface area contributed by atoms with Crippen LogP contribution in [-0.2, 0) is 4.74 Å². The van der Waals surface area contributed by atoms with Crippen LogP contribution in [0.4, 0.5) is 0 Å². The van der Waals surface area contributed by atoms with E-state index in [1.165, 1.54) is 0 Å². The molecular formula is C13H23NO2. The summed E-state index contributed by atoms with van der Waals surface area (Å²) >= 11 is 0. The van der Waals surface area contributed by atoms with Crippen LogP contribution in [0.15, 0.2) is 0 Å². The Morgan fingerprint density at radius 2 is 2.19 bits per heavy atom. The Labute approximate surface area is 98.4 Å². The van der Waals surface area contributed by atoms with Crippen LogP contribution in [0.1, 0.15) is 52.9 Å². The maximum atomic E-state index is 10.2. The Morgan fingerprint density at radius 1 is 1.50 bits per heavy atom. The van der Waals surface area contributed by atoms with Crippen molar-refractivity contribution in [2.75, 3.05) is 6.61 Å². The first-order valence-corrected chi connectivity index (χ1v) is 6.15. The van der Waals surface area contributed by atoms with E-state index < -0.39 is 0 Å². The summed E-state index contributed by atoms with van der Waals surface area (Å²) in [6.45, 7) is 6.82. The zero-order valence-electron chi connectivity index (χ0n) is 10.6. The van der Waals surface area contributed by atoms with Crippen molar-refractivity contribution in [3.63, 3.8) is 0 Å². The molecule has 16 heavy (non-hydrogen) atoms. The van der Waals surface area contributed by atoms with Gasteiger partial charge in [0.2, 0.25) is 0 Å². The SMILES string of the molecule is CCC(O)C1(CCC#N)CCOC(C)(C)C1. The van der Waals surface area contributed by atoms with Gasteiger partial charge in [-0.2, -0.15) is 5.26 Å². The summed E-state index contributed by atoms with van der Waals surface area (Å²) in [5, 5.41) is 19.0. The quantitative estimate of drug-likeness (QED) is 0.800. The fourth-order valence-corrected chi connectivity index (χ4v) is 2.92. The highest BCUT2D eigenvalue weighted by Gasteiger charge is 2.44. The Balaban J connectivity index is 2.82. The van der Waals surface area contributed by atoms with Crippen LogP contribution in [0.2, 0.25) is 0 Å². The highest BCUT2D eigenvalue weighted by Crippen LogP contribution is 2.45. The van der Waals surface area contributed by atoms with Crippen molar-refractivity contribution in [2.45, 2.75) is 64.6 Å². The molecule has 0 radical (unpaired) electrons. The van der Waals surface area contributed by atoms with Crippen LogP contribution < -0.4 is 0 Å². The second-order valence-electron chi connectivity index (χ2n) is 5.48. The molecule has 1 heterocycles. The van der Waals surface area contributed by atoms with E-state index in [1.807, 2.05) is 6.92 Å². The van der Waals surface area contributed by atoms with Crippen LogP contribution in [0.25, 0.3) is 0 Å². The lowest BCUT2D eigenvalue weighted by molar-refractivity contribution is -0.143. The van der Waals surface area contributed by atoms with Gasteiger partial charge in [0.1, 0.15) is 0 Å². The van der Waals surface area contributed by atoms with Crippen LogP contribution in [-0.4, -0.2) is 23.4 Å². The zero-order chi connectivity index (χ0) is 12.2. The average molecular weight is 225 g/mol. The largest absolute Gasteiger partial charge is 0.393 e. The third kappa shape index (κ3) is 2.96. The molecule has 0 amide bonds. The Morgan fingerprint density at radius 3 is 2.69 bits per heavy atom. The number of hydrogen-bond donors (Lipinski definition) is 1. The number of aliphatic hydroxyl groups excluding tert-OH is 1. The van der Waals surface area contributed by atoms with E-state index in [4.69, 9.17) is 10.00 Å². The second-order valence-corrected chi connectivity index (χ2v) is 5.48. The lowest BCUT2D eigenvalue weighted by Gasteiger charge is -2.47. The molecule has 1 aliphatic heterocycles. The summed E-state index contributed by atoms with van der Waals surface area (Å²) in [4.78, 5) is 0. The monoisotopic (exact) mass is 225 g/mol. The van der Waals surface area contributed by atoms with Crippen molar-refractivity contribution in [1.82, 2.24) is 0 Å². The number of hydrogen-bond acceptors (Lipinski definition) is 3. The predicted octanol–water partition coefficient (Wildman–Crippen LogP) is 2.64. The summed E-state index contributed by atoms with van der Waals surface area (Å²) in [6.07, 6.45) is 3.45. The molecule has 0 aromatic carbocycles. The van der Waals surface area contributed by atoms with Gasteiger partial charge in [-0.25, -0.2) is 0 Å². The van der Waals surface area contributed by atoms with Crippen molar-refractivity contribution in [3.8, 4) is 6.07 Å². The summed E-state index contributed by atoms with van der Waals surface area (Å²) in [7, 11) is 0. The minimum atomic E-state index is -0.316. The summed E-state index contributed by atoms with van der Waals surface area (Å²) in [5.74, 6) is 0. The van der Waals surface area contributed by atoms with Gasteiger partial charge in [-0.3, -0.25) is 0 Å². The maximum Gasteiger partial charge on any atom is 0.0632 e. The fourth-order valence-electron chi connectivity index (χ4n) is 2.92. The number of ether oxygens (including phenoxy) is 1. The van der Waals surface area contributed by atoms with Gasteiger partial charge in [-0.1, -0.05) is 6.92 Å². The molecule has 0 saturated carbocycles. The molecule has 1 rings (SSSR count). The summed E-state index contributed by atoms with van der Waals surface area (Å²) in [6, 6.07) is 2.19. The first-order chi connectivity index (χ1) is 7.46. The molecule has 0 aromatic rings. The van der Waals surface area contributed by atoms with Crippen LogP contribution in [0.5, 0.6) is 0 Å². The van der Waals surface area contributed by atoms with Gasteiger partial charge in [-0.05, 0) is 39.5 Å². The molecule has 3 heteroatoms. The first kappa shape index (κ1) is 13.5. The molecule has 2 atom stereocenters. The number of rotatable bonds is 4. The van der Waals surface area contributed by atoms with E-state index in [1.54, 1.807) is 0 Å². The molecule has 0 bridgehead atoms. The van der Waals surface area contributed by atoms with Gasteiger partial charge in [0.15, 0.2) is 0 Å². The normalized spacial score (nSPS) is 30.7. The van der Waals surface area contributed by atoms with Crippen molar-refractivity contribution in [1.29, 1.82) is 5.26 Å². The minimum absolute atomic E-state index is 0.119. The van der Waals surface area contributed by atoms with Crippen molar-refractivity contribution in [2.24, 2.45) is 5.41 Å². The number of aliphatic hydroxyl groups is 1. The molecule has 1 saturated heterocycles. The Kier molecular flexibility index (Phi) is 4.35. The highest BCUT2D eigenvalue weighted by atomic mass is 16.5. The lowest BCUT2D eigenvalue weighted by Crippen LogP contribution is -2.47. The van der Waals surface area contributed by atoms with Gasteiger partial charge in [0, 0.05) is 18.4 Å². The van der Waals surface area contributed by atoms with Gasteiger partial charge in [0.05, 0.1) is 17.8 Å². The lowest BCUT2D eigenvalue weighted by atomic mass is 9.67. The number of nitriles is 1. The molecule has 1 aliphatic rings. The van der Waals surface area contributed by atoms with E-state index in [0.29, 0.717) is 13.0 Å². The molecule has 1 fully saturated rings. The standard InChI is InChI=1S/C13H23NO2/c1-4-11(15)13(6-5-8-14)7-9-16-12(2,3)10-13/h11,15H,4-7,9-10H2,1-3H3. The van der Waals surface area contributed by atoms with Crippen molar-refractivity contribution < 1.29 is 9.84 Å². The van der Waals surface area contributed by atoms with Crippen molar-refractivity contribution in [3.05, 3.63) is 0 Å². The second kappa shape index (κ2) is 5.16. The third-order valence-electron chi connectivity index (χ3n) is 3.70. The summed E-state index contributed by atoms with van der Waals surface area (Å²) in [5.41, 5.74) is -0.296. The molecule has 3 nitrogen and oxygen atoms in total. The van der Waals surface area contributed by atoms with Crippen LogP contribution in [0.3, 0.4) is 0 Å². The van der Waals surface area contributed by atoms with E-state index in [2.05, 4.69) is 19.9 Å². The molecule has 0 spiro atoms. The molecule has 92 valence electrons. The molecule has 0 aliphatic carbocycles. The predicted molar refractivity (Wildman–Crippen MR) is 62.8 cm³/mol. The van der Waals surface area contributed by atoms with E-state index in [9.17, 15) is 5.11 Å². The first-order valence-electron chi connectivity index (χ1n) is 6.15. The molecule has 1 N–H and O–H groups in total. The average Bonchev–Trinajstić information content (AvgIpc) is 2.24. The highest BCUT2D eigenvalue weighted by molar-refractivity contribution is 4.96. The third-order valence-corrected chi connectivity index (χ3v) is 3.70. The van der Waals surface area contributed by atoms with Gasteiger partial charge in [0.25, 0.3) is 0 Å². The number of nitrogens with zero attached hydrogens (tertiary/aromatic N) is 1. The molecule has 0 aromatic heterocycles. The molecular weight excluding hydrogens is 202 g/mol.